The van der Waals surface area contributed by atoms with Crippen molar-refractivity contribution >= 4 is 30.2 Å². The van der Waals surface area contributed by atoms with Crippen molar-refractivity contribution in [2.45, 2.75) is 52.9 Å². The Morgan fingerprint density at radius 1 is 1.36 bits per heavy atom. The third kappa shape index (κ3) is 5.64. The lowest BCUT2D eigenvalue weighted by molar-refractivity contribution is 0.0526. The van der Waals surface area contributed by atoms with Gasteiger partial charge in [0.15, 0.2) is 5.82 Å². The molecule has 28 heavy (non-hydrogen) atoms. The number of hydrogen-bond donors (Lipinski definition) is 1. The fourth-order valence-electron chi connectivity index (χ4n) is 2.61. The molecule has 2 atom stereocenters. The van der Waals surface area contributed by atoms with Crippen molar-refractivity contribution in [1.29, 1.82) is 0 Å². The van der Waals surface area contributed by atoms with Crippen LogP contribution in [0.2, 0.25) is 5.15 Å². The van der Waals surface area contributed by atoms with Crippen LogP contribution in [0.25, 0.3) is 5.82 Å². The molecule has 0 amide bonds. The van der Waals surface area contributed by atoms with Gasteiger partial charge in [-0.25, -0.2) is 14.5 Å². The monoisotopic (exact) mass is 425 g/mol. The molecule has 1 aliphatic rings. The van der Waals surface area contributed by atoms with E-state index in [1.165, 1.54) is 11.1 Å². The molecule has 0 saturated heterocycles. The lowest BCUT2D eigenvalue weighted by Crippen LogP contribution is -2.15. The maximum atomic E-state index is 11.8. The number of aromatic nitrogens is 3. The molecule has 2 unspecified atom stereocenters. The molecule has 2 aromatic heterocycles. The van der Waals surface area contributed by atoms with Gasteiger partial charge in [-0.3, -0.25) is 0 Å². The number of hydrogen-bond acceptors (Lipinski definition) is 6. The smallest absolute Gasteiger partial charge is 0.341 e. The van der Waals surface area contributed by atoms with Gasteiger partial charge >= 0.3 is 5.97 Å². The van der Waals surface area contributed by atoms with E-state index in [-0.39, 0.29) is 28.2 Å². The van der Waals surface area contributed by atoms with E-state index in [4.69, 9.17) is 21.1 Å². The van der Waals surface area contributed by atoms with E-state index in [0.717, 1.165) is 6.42 Å². The number of rotatable bonds is 6. The van der Waals surface area contributed by atoms with Gasteiger partial charge in [-0.1, -0.05) is 45.7 Å². The van der Waals surface area contributed by atoms with Crippen LogP contribution >= 0.6 is 24.2 Å². The molecule has 0 N–H and O–H groups in total. The maximum absolute atomic E-state index is 11.8. The SMILES string of the molecule is CCC.CCOC(=O)c1ccc(-n2ccc(OC(S)C3CC3(C)C)n2)nc1Cl. The van der Waals surface area contributed by atoms with Crippen LogP contribution in [0.5, 0.6) is 5.88 Å². The molecule has 1 saturated carbocycles. The minimum atomic E-state index is -0.499. The Balaban J connectivity index is 0.000000878. The van der Waals surface area contributed by atoms with E-state index in [9.17, 15) is 4.79 Å². The Hall–Kier alpha value is -1.73. The highest BCUT2D eigenvalue weighted by Gasteiger charge is 2.50. The Morgan fingerprint density at radius 2 is 2.00 bits per heavy atom. The van der Waals surface area contributed by atoms with Gasteiger partial charge in [-0.2, -0.15) is 0 Å². The van der Waals surface area contributed by atoms with Crippen LogP contribution in [0, 0.1) is 11.3 Å². The van der Waals surface area contributed by atoms with Crippen molar-refractivity contribution in [3.8, 4) is 11.7 Å². The van der Waals surface area contributed by atoms with E-state index in [1.54, 1.807) is 31.3 Å². The van der Waals surface area contributed by atoms with Crippen molar-refractivity contribution in [3.63, 3.8) is 0 Å². The highest BCUT2D eigenvalue weighted by molar-refractivity contribution is 7.80. The second kappa shape index (κ2) is 9.65. The Labute approximate surface area is 177 Å². The quantitative estimate of drug-likeness (QED) is 0.298. The van der Waals surface area contributed by atoms with Crippen molar-refractivity contribution in [1.82, 2.24) is 14.8 Å². The van der Waals surface area contributed by atoms with Crippen LogP contribution in [0.1, 0.15) is 57.8 Å². The predicted molar refractivity (Wildman–Crippen MR) is 114 cm³/mol. The molecule has 3 rings (SSSR count). The second-order valence-corrected chi connectivity index (χ2v) is 8.21. The first-order chi connectivity index (χ1) is 13.2. The van der Waals surface area contributed by atoms with E-state index >= 15 is 0 Å². The van der Waals surface area contributed by atoms with Crippen molar-refractivity contribution in [2.24, 2.45) is 11.3 Å². The Bertz CT molecular complexity index is 810. The first-order valence-corrected chi connectivity index (χ1v) is 10.4. The molecule has 8 heteroatoms. The van der Waals surface area contributed by atoms with Crippen LogP contribution in [-0.2, 0) is 4.74 Å². The third-order valence-electron chi connectivity index (χ3n) is 4.30. The largest absolute Gasteiger partial charge is 0.462 e. The fourth-order valence-corrected chi connectivity index (χ4v) is 3.46. The summed E-state index contributed by atoms with van der Waals surface area (Å²) < 4.78 is 12.3. The summed E-state index contributed by atoms with van der Waals surface area (Å²) in [5.74, 6) is 0.865. The van der Waals surface area contributed by atoms with Crippen molar-refractivity contribution in [3.05, 3.63) is 35.1 Å². The van der Waals surface area contributed by atoms with E-state index in [1.807, 2.05) is 0 Å². The van der Waals surface area contributed by atoms with Crippen molar-refractivity contribution in [2.75, 3.05) is 6.61 Å². The average molecular weight is 426 g/mol. The van der Waals surface area contributed by atoms with Crippen LogP contribution in [-0.4, -0.2) is 32.8 Å². The third-order valence-corrected chi connectivity index (χ3v) is 5.06. The molecular formula is C20H28ClN3O3S. The molecule has 2 aromatic rings. The highest BCUT2D eigenvalue weighted by Crippen LogP contribution is 2.55. The Morgan fingerprint density at radius 3 is 2.54 bits per heavy atom. The molecule has 0 spiro atoms. The number of nitrogens with zero attached hydrogens (tertiary/aromatic N) is 3. The topological polar surface area (TPSA) is 66.2 Å². The van der Waals surface area contributed by atoms with Crippen molar-refractivity contribution < 1.29 is 14.3 Å². The van der Waals surface area contributed by atoms with Gasteiger partial charge in [-0.05, 0) is 30.9 Å². The van der Waals surface area contributed by atoms with Gasteiger partial charge in [0.2, 0.25) is 5.88 Å². The van der Waals surface area contributed by atoms with Gasteiger partial charge < -0.3 is 9.47 Å². The average Bonchev–Trinajstić information content (AvgIpc) is 3.04. The number of halogens is 1. The van der Waals surface area contributed by atoms with Crippen LogP contribution in [0.3, 0.4) is 0 Å². The zero-order chi connectivity index (χ0) is 20.9. The van der Waals surface area contributed by atoms with Gasteiger partial charge in [0.1, 0.15) is 10.6 Å². The maximum Gasteiger partial charge on any atom is 0.341 e. The molecule has 6 nitrogen and oxygen atoms in total. The van der Waals surface area contributed by atoms with E-state index in [0.29, 0.717) is 17.6 Å². The number of esters is 1. The summed E-state index contributed by atoms with van der Waals surface area (Å²) in [7, 11) is 0. The number of pyridine rings is 1. The van der Waals surface area contributed by atoms with Gasteiger partial charge in [0.25, 0.3) is 0 Å². The van der Waals surface area contributed by atoms with E-state index < -0.39 is 5.97 Å². The van der Waals surface area contributed by atoms with Gasteiger partial charge in [0, 0.05) is 18.2 Å². The zero-order valence-corrected chi connectivity index (χ0v) is 18.6. The number of ether oxygens (including phenoxy) is 2. The first-order valence-electron chi connectivity index (χ1n) is 9.47. The van der Waals surface area contributed by atoms with Crippen LogP contribution in [0.15, 0.2) is 24.4 Å². The molecule has 1 fully saturated rings. The zero-order valence-electron chi connectivity index (χ0n) is 17.0. The Kier molecular flexibility index (Phi) is 7.78. The standard InChI is InChI=1S/C17H20ClN3O3S.C3H8/c1-4-23-15(22)10-5-6-12(19-14(10)18)21-8-7-13(20-21)24-16(25)11-9-17(11,2)3;1-3-2/h5-8,11,16,25H,4,9H2,1-3H3;3H2,1-2H3. The molecule has 0 radical (unpaired) electrons. The summed E-state index contributed by atoms with van der Waals surface area (Å²) in [5.41, 5.74) is 0.302. The molecule has 0 aromatic carbocycles. The molecule has 0 bridgehead atoms. The number of carbonyl (C=O) groups excluding carboxylic acids is 1. The van der Waals surface area contributed by atoms with Crippen LogP contribution in [0.4, 0.5) is 0 Å². The summed E-state index contributed by atoms with van der Waals surface area (Å²) in [6.45, 7) is 10.6. The molecule has 2 heterocycles. The summed E-state index contributed by atoms with van der Waals surface area (Å²) >= 11 is 10.6. The summed E-state index contributed by atoms with van der Waals surface area (Å²) in [6.07, 6.45) is 4.06. The fraction of sp³-hybridized carbons (Fsp3) is 0.550. The number of thiol groups is 1. The minimum Gasteiger partial charge on any atom is -0.462 e. The molecule has 154 valence electrons. The summed E-state index contributed by atoms with van der Waals surface area (Å²) in [6, 6.07) is 4.96. The lowest BCUT2D eigenvalue weighted by atomic mass is 10.1. The summed E-state index contributed by atoms with van der Waals surface area (Å²) in [4.78, 5) is 16.0. The highest BCUT2D eigenvalue weighted by atomic mass is 35.5. The molecule has 1 aliphatic carbocycles. The minimum absolute atomic E-state index is 0.0701. The van der Waals surface area contributed by atoms with Crippen LogP contribution < -0.4 is 4.74 Å². The predicted octanol–water partition coefficient (Wildman–Crippen LogP) is 5.19. The normalized spacial score (nSPS) is 17.9. The molecular weight excluding hydrogens is 398 g/mol. The van der Waals surface area contributed by atoms with Gasteiger partial charge in [0.05, 0.1) is 12.2 Å². The first kappa shape index (κ1) is 22.6. The number of carbonyl (C=O) groups is 1. The van der Waals surface area contributed by atoms with E-state index in [2.05, 4.69) is 50.4 Å². The lowest BCUT2D eigenvalue weighted by Gasteiger charge is -2.13. The van der Waals surface area contributed by atoms with Gasteiger partial charge in [-0.15, -0.1) is 17.7 Å². The summed E-state index contributed by atoms with van der Waals surface area (Å²) in [5, 5.41) is 4.41. The second-order valence-electron chi connectivity index (χ2n) is 7.34. The molecule has 0 aliphatic heterocycles.